The first-order valence-corrected chi connectivity index (χ1v) is 11.4. The molecule has 0 bridgehead atoms. The standard InChI is InChI=1S/C21H17NOS3/c23-26(15-18-14-25-21(22-18)19-12-7-13-24-19)20(16-8-3-1-4-9-16)17-10-5-2-6-11-17/h1-14,20H,15H2. The van der Waals surface area contributed by atoms with Crippen LogP contribution in [0.15, 0.2) is 83.6 Å². The van der Waals surface area contributed by atoms with Gasteiger partial charge in [0.1, 0.15) is 5.01 Å². The van der Waals surface area contributed by atoms with Crippen molar-refractivity contribution in [3.8, 4) is 9.88 Å². The first-order valence-electron chi connectivity index (χ1n) is 8.26. The third-order valence-electron chi connectivity index (χ3n) is 4.04. The van der Waals surface area contributed by atoms with Crippen LogP contribution in [-0.2, 0) is 16.6 Å². The predicted molar refractivity (Wildman–Crippen MR) is 112 cm³/mol. The Bertz CT molecular complexity index is 939. The topological polar surface area (TPSA) is 30.0 Å². The summed E-state index contributed by atoms with van der Waals surface area (Å²) in [6, 6.07) is 24.3. The lowest BCUT2D eigenvalue weighted by Gasteiger charge is -2.17. The Morgan fingerprint density at radius 2 is 1.50 bits per heavy atom. The lowest BCUT2D eigenvalue weighted by molar-refractivity contribution is 0.677. The number of thiophene rings is 1. The molecule has 0 aliphatic heterocycles. The van der Waals surface area contributed by atoms with E-state index >= 15 is 0 Å². The van der Waals surface area contributed by atoms with Gasteiger partial charge in [0.15, 0.2) is 0 Å². The summed E-state index contributed by atoms with van der Waals surface area (Å²) in [5, 5.41) is 4.93. The van der Waals surface area contributed by atoms with Crippen LogP contribution in [0.5, 0.6) is 0 Å². The summed E-state index contributed by atoms with van der Waals surface area (Å²) in [6.07, 6.45) is 0. The van der Waals surface area contributed by atoms with Gasteiger partial charge in [0, 0.05) is 16.2 Å². The molecule has 0 amide bonds. The molecule has 2 aromatic heterocycles. The van der Waals surface area contributed by atoms with Crippen LogP contribution >= 0.6 is 22.7 Å². The Morgan fingerprint density at radius 3 is 2.08 bits per heavy atom. The van der Waals surface area contributed by atoms with Crippen molar-refractivity contribution >= 4 is 33.5 Å². The Hall–Kier alpha value is -2.08. The Morgan fingerprint density at radius 1 is 0.846 bits per heavy atom. The zero-order valence-corrected chi connectivity index (χ0v) is 16.4. The van der Waals surface area contributed by atoms with Crippen molar-refractivity contribution in [2.75, 3.05) is 0 Å². The summed E-state index contributed by atoms with van der Waals surface area (Å²) in [5.41, 5.74) is 3.05. The van der Waals surface area contributed by atoms with E-state index < -0.39 is 10.8 Å². The summed E-state index contributed by atoms with van der Waals surface area (Å²) in [6.45, 7) is 0. The molecule has 1 atom stereocenters. The summed E-state index contributed by atoms with van der Waals surface area (Å²) < 4.78 is 13.3. The second kappa shape index (κ2) is 8.08. The van der Waals surface area contributed by atoms with E-state index in [0.717, 1.165) is 26.7 Å². The van der Waals surface area contributed by atoms with E-state index in [4.69, 9.17) is 4.98 Å². The molecule has 26 heavy (non-hydrogen) atoms. The molecular formula is C21H17NOS3. The fourth-order valence-corrected chi connectivity index (χ4v) is 6.13. The van der Waals surface area contributed by atoms with Crippen molar-refractivity contribution in [2.45, 2.75) is 11.0 Å². The third kappa shape index (κ3) is 3.85. The fraction of sp³-hybridized carbons (Fsp3) is 0.0952. The highest BCUT2D eigenvalue weighted by atomic mass is 32.2. The van der Waals surface area contributed by atoms with Crippen LogP contribution in [-0.4, -0.2) is 9.19 Å². The number of aromatic nitrogens is 1. The monoisotopic (exact) mass is 395 g/mol. The van der Waals surface area contributed by atoms with E-state index in [0.29, 0.717) is 5.75 Å². The summed E-state index contributed by atoms with van der Waals surface area (Å²) in [5.74, 6) is 0.455. The van der Waals surface area contributed by atoms with Gasteiger partial charge in [0.2, 0.25) is 0 Å². The lowest BCUT2D eigenvalue weighted by atomic mass is 10.0. The SMILES string of the molecule is O=S(Cc1csc(-c2cccs2)n1)C(c1ccccc1)c1ccccc1. The highest BCUT2D eigenvalue weighted by Crippen LogP contribution is 2.32. The van der Waals surface area contributed by atoms with Crippen molar-refractivity contribution < 1.29 is 4.21 Å². The highest BCUT2D eigenvalue weighted by molar-refractivity contribution is 7.84. The maximum absolute atomic E-state index is 13.3. The van der Waals surface area contributed by atoms with E-state index in [1.54, 1.807) is 22.7 Å². The van der Waals surface area contributed by atoms with Crippen molar-refractivity contribution in [3.63, 3.8) is 0 Å². The summed E-state index contributed by atoms with van der Waals surface area (Å²) in [7, 11) is -1.10. The number of hydrogen-bond donors (Lipinski definition) is 0. The zero-order chi connectivity index (χ0) is 17.8. The van der Waals surface area contributed by atoms with Crippen LogP contribution in [0.25, 0.3) is 9.88 Å². The third-order valence-corrected chi connectivity index (χ3v) is 7.62. The van der Waals surface area contributed by atoms with Gasteiger partial charge in [-0.15, -0.1) is 22.7 Å². The Balaban J connectivity index is 1.61. The maximum Gasteiger partial charge on any atom is 0.133 e. The van der Waals surface area contributed by atoms with Crippen LogP contribution in [0.3, 0.4) is 0 Å². The van der Waals surface area contributed by atoms with E-state index in [2.05, 4.69) is 11.4 Å². The van der Waals surface area contributed by atoms with Gasteiger partial charge in [-0.05, 0) is 22.6 Å². The summed E-state index contributed by atoms with van der Waals surface area (Å²) in [4.78, 5) is 5.86. The molecule has 0 aliphatic carbocycles. The van der Waals surface area contributed by atoms with Gasteiger partial charge in [-0.1, -0.05) is 66.7 Å². The molecule has 2 aromatic carbocycles. The van der Waals surface area contributed by atoms with E-state index in [9.17, 15) is 4.21 Å². The van der Waals surface area contributed by atoms with Crippen LogP contribution in [0.4, 0.5) is 0 Å². The first kappa shape index (κ1) is 17.3. The molecular weight excluding hydrogens is 378 g/mol. The largest absolute Gasteiger partial charge is 0.258 e. The fourth-order valence-electron chi connectivity index (χ4n) is 2.87. The quantitative estimate of drug-likeness (QED) is 0.406. The number of benzene rings is 2. The van der Waals surface area contributed by atoms with Crippen molar-refractivity contribution in [2.24, 2.45) is 0 Å². The van der Waals surface area contributed by atoms with Crippen molar-refractivity contribution in [1.29, 1.82) is 0 Å². The van der Waals surface area contributed by atoms with Gasteiger partial charge in [-0.3, -0.25) is 4.21 Å². The molecule has 0 saturated carbocycles. The van der Waals surface area contributed by atoms with E-state index in [-0.39, 0.29) is 5.25 Å². The van der Waals surface area contributed by atoms with Crippen LogP contribution in [0.1, 0.15) is 22.1 Å². The number of nitrogens with zero attached hydrogens (tertiary/aromatic N) is 1. The van der Waals surface area contributed by atoms with Gasteiger partial charge in [-0.25, -0.2) is 4.98 Å². The van der Waals surface area contributed by atoms with Crippen molar-refractivity contribution in [3.05, 3.63) is 100 Å². The van der Waals surface area contributed by atoms with E-state index in [1.165, 1.54) is 0 Å². The molecule has 2 nitrogen and oxygen atoms in total. The molecule has 0 radical (unpaired) electrons. The zero-order valence-electron chi connectivity index (χ0n) is 13.9. The van der Waals surface area contributed by atoms with Gasteiger partial charge in [-0.2, -0.15) is 0 Å². The molecule has 0 fully saturated rings. The number of hydrogen-bond acceptors (Lipinski definition) is 4. The molecule has 0 spiro atoms. The maximum atomic E-state index is 13.3. The minimum atomic E-state index is -1.10. The average Bonchev–Trinajstić information content (AvgIpc) is 3.35. The molecule has 0 aliphatic rings. The molecule has 5 heteroatoms. The van der Waals surface area contributed by atoms with Crippen molar-refractivity contribution in [1.82, 2.24) is 4.98 Å². The van der Waals surface area contributed by atoms with Crippen LogP contribution in [0, 0.1) is 0 Å². The molecule has 0 saturated heterocycles. The highest BCUT2D eigenvalue weighted by Gasteiger charge is 2.22. The average molecular weight is 396 g/mol. The smallest absolute Gasteiger partial charge is 0.133 e. The van der Waals surface area contributed by atoms with Crippen LogP contribution < -0.4 is 0 Å². The second-order valence-electron chi connectivity index (χ2n) is 5.85. The molecule has 1 unspecified atom stereocenters. The lowest BCUT2D eigenvalue weighted by Crippen LogP contribution is -2.10. The van der Waals surface area contributed by atoms with Gasteiger partial charge in [0.25, 0.3) is 0 Å². The number of rotatable bonds is 6. The van der Waals surface area contributed by atoms with Gasteiger partial charge < -0.3 is 0 Å². The Kier molecular flexibility index (Phi) is 5.39. The Labute approximate surface area is 163 Å². The molecule has 130 valence electrons. The summed E-state index contributed by atoms with van der Waals surface area (Å²) >= 11 is 3.30. The second-order valence-corrected chi connectivity index (χ2v) is 9.18. The minimum Gasteiger partial charge on any atom is -0.258 e. The first-order chi connectivity index (χ1) is 12.8. The molecule has 2 heterocycles. The normalized spacial score (nSPS) is 12.3. The molecule has 4 rings (SSSR count). The molecule has 0 N–H and O–H groups in total. The van der Waals surface area contributed by atoms with Gasteiger partial charge in [0.05, 0.1) is 21.6 Å². The predicted octanol–water partition coefficient (Wildman–Crippen LogP) is 5.91. The minimum absolute atomic E-state index is 0.149. The van der Waals surface area contributed by atoms with Crippen LogP contribution in [0.2, 0.25) is 0 Å². The van der Waals surface area contributed by atoms with Gasteiger partial charge >= 0.3 is 0 Å². The van der Waals surface area contributed by atoms with E-state index in [1.807, 2.05) is 72.1 Å². The molecule has 4 aromatic rings. The number of thiazole rings is 1.